The summed E-state index contributed by atoms with van der Waals surface area (Å²) in [7, 11) is 3.89. The number of anilines is 1. The van der Waals surface area contributed by atoms with Crippen molar-refractivity contribution in [3.63, 3.8) is 0 Å². The fourth-order valence-corrected chi connectivity index (χ4v) is 2.48. The fraction of sp³-hybridized carbons (Fsp3) is 0.188. The average Bonchev–Trinajstić information content (AvgIpc) is 2.72. The number of Topliss-reactive ketones (excluding diaryl/α,β-unsaturated/α-hetero) is 2. The highest BCUT2D eigenvalue weighted by molar-refractivity contribution is 6.28. The first-order valence-electron chi connectivity index (χ1n) is 6.40. The molecule has 0 amide bonds. The number of aromatic nitrogens is 1. The number of benzene rings is 1. The SMILES string of the molecule is CN(C)c1ccc(C2C(=O)c3cccnc3C2=O)cc1. The number of hydrogen-bond donors (Lipinski definition) is 0. The summed E-state index contributed by atoms with van der Waals surface area (Å²) in [6.07, 6.45) is 1.54. The molecule has 0 bridgehead atoms. The summed E-state index contributed by atoms with van der Waals surface area (Å²) in [5.74, 6) is -1.10. The van der Waals surface area contributed by atoms with Crippen molar-refractivity contribution >= 4 is 17.3 Å². The van der Waals surface area contributed by atoms with E-state index in [1.54, 1.807) is 18.3 Å². The van der Waals surface area contributed by atoms with E-state index in [0.717, 1.165) is 11.3 Å². The Balaban J connectivity index is 2.00. The Labute approximate surface area is 117 Å². The Hall–Kier alpha value is -2.49. The van der Waals surface area contributed by atoms with Crippen molar-refractivity contribution in [3.05, 3.63) is 59.4 Å². The van der Waals surface area contributed by atoms with Gasteiger partial charge in [0.25, 0.3) is 0 Å². The van der Waals surface area contributed by atoms with Crippen LogP contribution in [0.2, 0.25) is 0 Å². The number of nitrogens with zero attached hydrogens (tertiary/aromatic N) is 2. The predicted molar refractivity (Wildman–Crippen MR) is 76.4 cm³/mol. The van der Waals surface area contributed by atoms with E-state index >= 15 is 0 Å². The Morgan fingerprint density at radius 3 is 2.30 bits per heavy atom. The zero-order chi connectivity index (χ0) is 14.3. The summed E-state index contributed by atoms with van der Waals surface area (Å²) in [4.78, 5) is 30.7. The first-order valence-corrected chi connectivity index (χ1v) is 6.40. The molecule has 1 unspecified atom stereocenters. The van der Waals surface area contributed by atoms with Gasteiger partial charge in [0.1, 0.15) is 11.6 Å². The lowest BCUT2D eigenvalue weighted by Crippen LogP contribution is -2.14. The first kappa shape index (κ1) is 12.5. The average molecular weight is 266 g/mol. The van der Waals surface area contributed by atoms with Gasteiger partial charge < -0.3 is 4.90 Å². The minimum atomic E-state index is -0.740. The second-order valence-electron chi connectivity index (χ2n) is 5.05. The molecular formula is C16H14N2O2. The molecule has 0 saturated heterocycles. The van der Waals surface area contributed by atoms with Crippen LogP contribution in [0.15, 0.2) is 42.6 Å². The minimum Gasteiger partial charge on any atom is -0.378 e. The smallest absolute Gasteiger partial charge is 0.197 e. The summed E-state index contributed by atoms with van der Waals surface area (Å²) in [6, 6.07) is 10.8. The summed E-state index contributed by atoms with van der Waals surface area (Å²) in [5.41, 5.74) is 2.48. The molecule has 0 radical (unpaired) electrons. The number of rotatable bonds is 2. The molecule has 0 spiro atoms. The topological polar surface area (TPSA) is 50.3 Å². The van der Waals surface area contributed by atoms with Crippen LogP contribution in [0, 0.1) is 0 Å². The lowest BCUT2D eigenvalue weighted by molar-refractivity contribution is 0.0888. The van der Waals surface area contributed by atoms with E-state index in [1.807, 2.05) is 43.3 Å². The van der Waals surface area contributed by atoms with E-state index < -0.39 is 5.92 Å². The monoisotopic (exact) mass is 266 g/mol. The Morgan fingerprint density at radius 1 is 1.00 bits per heavy atom. The highest BCUT2D eigenvalue weighted by Gasteiger charge is 2.40. The highest BCUT2D eigenvalue weighted by Crippen LogP contribution is 2.33. The predicted octanol–water partition coefficient (Wildman–Crippen LogP) is 2.31. The molecule has 4 heteroatoms. The number of pyridine rings is 1. The zero-order valence-corrected chi connectivity index (χ0v) is 11.3. The van der Waals surface area contributed by atoms with Crippen LogP contribution >= 0.6 is 0 Å². The quantitative estimate of drug-likeness (QED) is 0.783. The standard InChI is InChI=1S/C16H14N2O2/c1-18(2)11-7-5-10(6-8-11)13-15(19)12-4-3-9-17-14(12)16(13)20/h3-9,13H,1-2H3. The molecule has 4 nitrogen and oxygen atoms in total. The molecule has 100 valence electrons. The molecular weight excluding hydrogens is 252 g/mol. The van der Waals surface area contributed by atoms with Gasteiger partial charge in [0.05, 0.1) is 0 Å². The molecule has 0 aliphatic heterocycles. The summed E-state index contributed by atoms with van der Waals surface area (Å²) in [5, 5.41) is 0. The van der Waals surface area contributed by atoms with Crippen molar-refractivity contribution < 1.29 is 9.59 Å². The van der Waals surface area contributed by atoms with Crippen molar-refractivity contribution in [2.24, 2.45) is 0 Å². The maximum atomic E-state index is 12.4. The van der Waals surface area contributed by atoms with Gasteiger partial charge >= 0.3 is 0 Å². The molecule has 1 atom stereocenters. The van der Waals surface area contributed by atoms with E-state index in [0.29, 0.717) is 11.3 Å². The molecule has 0 saturated carbocycles. The molecule has 1 heterocycles. The second kappa shape index (κ2) is 4.56. The molecule has 20 heavy (non-hydrogen) atoms. The Bertz CT molecular complexity index is 655. The number of fused-ring (bicyclic) bond motifs is 1. The normalized spacial score (nSPS) is 17.2. The zero-order valence-electron chi connectivity index (χ0n) is 11.3. The summed E-state index contributed by atoms with van der Waals surface area (Å²) >= 11 is 0. The van der Waals surface area contributed by atoms with Crippen LogP contribution in [-0.2, 0) is 0 Å². The second-order valence-corrected chi connectivity index (χ2v) is 5.05. The molecule has 3 rings (SSSR count). The van der Waals surface area contributed by atoms with Crippen molar-refractivity contribution in [2.75, 3.05) is 19.0 Å². The van der Waals surface area contributed by atoms with Crippen molar-refractivity contribution in [1.29, 1.82) is 0 Å². The Kier molecular flexibility index (Phi) is 2.86. The summed E-state index contributed by atoms with van der Waals surface area (Å²) < 4.78 is 0. The lowest BCUT2D eigenvalue weighted by atomic mass is 9.94. The molecule has 2 aromatic rings. The number of hydrogen-bond acceptors (Lipinski definition) is 4. The van der Waals surface area contributed by atoms with Crippen molar-refractivity contribution in [1.82, 2.24) is 4.98 Å². The molecule has 1 aromatic carbocycles. The van der Waals surface area contributed by atoms with Crippen LogP contribution in [0.4, 0.5) is 5.69 Å². The van der Waals surface area contributed by atoms with Crippen molar-refractivity contribution in [2.45, 2.75) is 5.92 Å². The van der Waals surface area contributed by atoms with E-state index in [2.05, 4.69) is 4.98 Å². The van der Waals surface area contributed by atoms with Crippen LogP contribution < -0.4 is 4.90 Å². The van der Waals surface area contributed by atoms with Gasteiger partial charge in [0, 0.05) is 31.5 Å². The number of carbonyl (C=O) groups is 2. The fourth-order valence-electron chi connectivity index (χ4n) is 2.48. The molecule has 1 aliphatic carbocycles. The van der Waals surface area contributed by atoms with Gasteiger partial charge in [0.15, 0.2) is 11.6 Å². The third kappa shape index (κ3) is 1.81. The maximum Gasteiger partial charge on any atom is 0.197 e. The van der Waals surface area contributed by atoms with E-state index in [9.17, 15) is 9.59 Å². The number of ketones is 2. The third-order valence-electron chi connectivity index (χ3n) is 3.57. The summed E-state index contributed by atoms with van der Waals surface area (Å²) in [6.45, 7) is 0. The van der Waals surface area contributed by atoms with Gasteiger partial charge in [-0.3, -0.25) is 14.6 Å². The van der Waals surface area contributed by atoms with Crippen LogP contribution in [0.1, 0.15) is 32.3 Å². The van der Waals surface area contributed by atoms with E-state index in [4.69, 9.17) is 0 Å². The van der Waals surface area contributed by atoms with Gasteiger partial charge in [-0.25, -0.2) is 0 Å². The highest BCUT2D eigenvalue weighted by atomic mass is 16.2. The minimum absolute atomic E-state index is 0.157. The van der Waals surface area contributed by atoms with Crippen molar-refractivity contribution in [3.8, 4) is 0 Å². The molecule has 0 N–H and O–H groups in total. The maximum absolute atomic E-state index is 12.4. The van der Waals surface area contributed by atoms with Crippen LogP contribution in [0.25, 0.3) is 0 Å². The van der Waals surface area contributed by atoms with Crippen LogP contribution in [0.3, 0.4) is 0 Å². The van der Waals surface area contributed by atoms with E-state index in [-0.39, 0.29) is 11.6 Å². The van der Waals surface area contributed by atoms with Gasteiger partial charge in [-0.15, -0.1) is 0 Å². The number of carbonyl (C=O) groups excluding carboxylic acids is 2. The first-order chi connectivity index (χ1) is 9.59. The van der Waals surface area contributed by atoms with Crippen LogP contribution in [0.5, 0.6) is 0 Å². The third-order valence-corrected chi connectivity index (χ3v) is 3.57. The van der Waals surface area contributed by atoms with Gasteiger partial charge in [-0.1, -0.05) is 12.1 Å². The molecule has 0 fully saturated rings. The van der Waals surface area contributed by atoms with Crippen LogP contribution in [-0.4, -0.2) is 30.6 Å². The Morgan fingerprint density at radius 2 is 1.70 bits per heavy atom. The van der Waals surface area contributed by atoms with E-state index in [1.165, 1.54) is 0 Å². The molecule has 1 aliphatic rings. The lowest BCUT2D eigenvalue weighted by Gasteiger charge is -2.14. The van der Waals surface area contributed by atoms with Gasteiger partial charge in [-0.05, 0) is 29.8 Å². The van der Waals surface area contributed by atoms with Gasteiger partial charge in [-0.2, -0.15) is 0 Å². The molecule has 1 aromatic heterocycles. The largest absolute Gasteiger partial charge is 0.378 e. The van der Waals surface area contributed by atoms with Gasteiger partial charge in [0.2, 0.25) is 0 Å².